The van der Waals surface area contributed by atoms with Gasteiger partial charge in [-0.3, -0.25) is 0 Å². The van der Waals surface area contributed by atoms with Gasteiger partial charge in [-0.2, -0.15) is 0 Å². The molecule has 0 aromatic heterocycles. The summed E-state index contributed by atoms with van der Waals surface area (Å²) in [5.41, 5.74) is 0. The maximum absolute atomic E-state index is 8.59. The molecule has 0 aromatic carbocycles. The average Bonchev–Trinajstić information content (AvgIpc) is 1.39. The fraction of sp³-hybridized carbons (Fsp3) is 0. The van der Waals surface area contributed by atoms with Crippen molar-refractivity contribution in [2.75, 3.05) is 0 Å². The van der Waals surface area contributed by atoms with E-state index in [2.05, 4.69) is 0 Å². The van der Waals surface area contributed by atoms with Gasteiger partial charge in [-0.25, -0.2) is 0 Å². The van der Waals surface area contributed by atoms with Crippen molar-refractivity contribution in [1.82, 2.24) is 0 Å². The van der Waals surface area contributed by atoms with Crippen LogP contribution in [-0.2, 0) is -1.12 Å². The van der Waals surface area contributed by atoms with Crippen molar-refractivity contribution in [2.45, 2.75) is 0 Å². The second kappa shape index (κ2) is 34.3. The van der Waals surface area contributed by atoms with E-state index < -0.39 is 93.8 Å². The molecule has 8 heteroatoms. The zero-order valence-corrected chi connectivity index (χ0v) is 10.8. The summed E-state index contributed by atoms with van der Waals surface area (Å²) in [6.07, 6.45) is 0. The molecule has 0 heterocycles. The van der Waals surface area contributed by atoms with E-state index in [1.165, 1.54) is 0 Å². The summed E-state index contributed by atoms with van der Waals surface area (Å²) in [4.78, 5) is 0. The molecule has 0 rings (SSSR count). The molecule has 0 saturated carbocycles. The van der Waals surface area contributed by atoms with E-state index in [9.17, 15) is 0 Å². The third-order valence-corrected chi connectivity index (χ3v) is 0. The van der Waals surface area contributed by atoms with Gasteiger partial charge in [0.2, 0.25) is 0 Å². The molecule has 0 unspecified atom stereocenters. The molecule has 2 N–H and O–H groups in total. The second-order valence-corrected chi connectivity index (χ2v) is 1.37. The summed E-state index contributed by atoms with van der Waals surface area (Å²) in [5.74, 6) is 0. The predicted octanol–water partition coefficient (Wildman–Crippen LogP) is -6.82. The van der Waals surface area contributed by atoms with Crippen LogP contribution in [0.25, 0.3) is 0 Å². The molecule has 0 aromatic rings. The van der Waals surface area contributed by atoms with Crippen LogP contribution >= 0.6 is 0 Å². The van der Waals surface area contributed by atoms with Crippen LogP contribution in [0, 0.1) is 0 Å². The Balaban J connectivity index is -0.0000000160. The SMILES string of the molecule is [OH-].[OH-].[O]=[K+]=[O].[O]=[K+]=[O]. The van der Waals surface area contributed by atoms with E-state index in [-0.39, 0.29) is 11.0 Å². The first-order valence-electron chi connectivity index (χ1n) is 1.63. The predicted molar refractivity (Wildman–Crippen MR) is 6.62 cm³/mol. The average molecular weight is 176 g/mol. The van der Waals surface area contributed by atoms with Gasteiger partial charge in [0.15, 0.2) is 0 Å². The Morgan fingerprint density at radius 1 is 0.625 bits per heavy atom. The normalized spacial score (nSPS) is 2.00. The first kappa shape index (κ1) is 22.4. The van der Waals surface area contributed by atoms with Gasteiger partial charge in [-0.15, -0.1) is 0 Å². The molecule has 0 spiro atoms. The molecule has 0 aliphatic carbocycles. The van der Waals surface area contributed by atoms with Crippen LogP contribution in [-0.4, -0.2) is 11.0 Å². The van der Waals surface area contributed by atoms with Gasteiger partial charge >= 0.3 is 92.7 Å². The number of rotatable bonds is 0. The Bertz CT molecular complexity index is 60.5. The minimum absolute atomic E-state index is 0. The van der Waals surface area contributed by atoms with Crippen molar-refractivity contribution in [3.8, 4) is 0 Å². The molecule has 6 nitrogen and oxygen atoms in total. The van der Waals surface area contributed by atoms with Crippen LogP contribution < -0.4 is 93.8 Å². The third-order valence-electron chi connectivity index (χ3n) is 0. The molecule has 8 radical (unpaired) electrons. The summed E-state index contributed by atoms with van der Waals surface area (Å²) in [6.45, 7) is 0. The third kappa shape index (κ3) is 80.1. The van der Waals surface area contributed by atoms with E-state index in [0.29, 0.717) is 0 Å². The van der Waals surface area contributed by atoms with Gasteiger partial charge in [-0.1, -0.05) is 0 Å². The van der Waals surface area contributed by atoms with Gasteiger partial charge in [0.05, 0.1) is 0 Å². The second-order valence-electron chi connectivity index (χ2n) is 0.333. The van der Waals surface area contributed by atoms with Crippen molar-refractivity contribution in [2.24, 2.45) is 0 Å². The van der Waals surface area contributed by atoms with Crippen LogP contribution in [0.4, 0.5) is 0 Å². The monoisotopic (exact) mass is 176 g/mol. The van der Waals surface area contributed by atoms with Crippen LogP contribution in [0.3, 0.4) is 0 Å². The number of hydrogen-bond acceptors (Lipinski definition) is 6. The van der Waals surface area contributed by atoms with Gasteiger partial charge in [0, 0.05) is 0 Å². The zero-order valence-electron chi connectivity index (χ0n) is 4.53. The standard InChI is InChI=1S/2K.2H2O.4O/h;;2*1H2;;;;/q2*+1;;;;;;/p-2. The summed E-state index contributed by atoms with van der Waals surface area (Å²) in [7, 11) is 0. The van der Waals surface area contributed by atoms with Crippen molar-refractivity contribution < 1.29 is 104 Å². The van der Waals surface area contributed by atoms with E-state index in [0.717, 1.165) is 0 Å². The molecule has 0 atom stereocenters. The molecule has 0 fully saturated rings. The van der Waals surface area contributed by atoms with Crippen LogP contribution in [0.5, 0.6) is 0 Å². The molecule has 0 amide bonds. The van der Waals surface area contributed by atoms with Crippen molar-refractivity contribution in [1.29, 1.82) is 0 Å². The maximum atomic E-state index is 8.59. The van der Waals surface area contributed by atoms with E-state index in [4.69, 9.17) is -1.12 Å². The first-order chi connectivity index (χ1) is 2.83. The van der Waals surface area contributed by atoms with Crippen LogP contribution in [0.1, 0.15) is 0 Å². The Hall–Kier alpha value is 2.39. The van der Waals surface area contributed by atoms with Crippen LogP contribution in [0.15, 0.2) is 0 Å². The number of hydrogen-bond donors (Lipinski definition) is 0. The topological polar surface area (TPSA) is 128 Å². The molecule has 0 aliphatic rings. The molecular formula is H2K2O6. The van der Waals surface area contributed by atoms with E-state index in [1.54, 1.807) is 0 Å². The minimum atomic E-state index is -2.56. The van der Waals surface area contributed by atoms with Crippen molar-refractivity contribution in [3.63, 3.8) is 0 Å². The zero-order chi connectivity index (χ0) is 5.41. The Kier molecular flexibility index (Phi) is 96.2. The summed E-state index contributed by atoms with van der Waals surface area (Å²) < 4.78 is 34.4. The Morgan fingerprint density at radius 2 is 0.625 bits per heavy atom. The van der Waals surface area contributed by atoms with Gasteiger partial charge in [0.25, 0.3) is 0 Å². The molecule has 0 aliphatic heterocycles. The fourth-order valence-electron chi connectivity index (χ4n) is 0. The summed E-state index contributed by atoms with van der Waals surface area (Å²) in [5, 5.41) is 0. The van der Waals surface area contributed by atoms with Gasteiger partial charge in [0.1, 0.15) is 0 Å². The van der Waals surface area contributed by atoms with Crippen molar-refractivity contribution in [3.05, 3.63) is 0 Å². The molecular weight excluding hydrogens is 174 g/mol. The molecule has 40 valence electrons. The molecule has 8 heavy (non-hydrogen) atoms. The van der Waals surface area contributed by atoms with Crippen LogP contribution in [0.2, 0.25) is 0 Å². The summed E-state index contributed by atoms with van der Waals surface area (Å²) >= 11 is -5.12. The van der Waals surface area contributed by atoms with E-state index in [1.807, 2.05) is 0 Å². The fourth-order valence-corrected chi connectivity index (χ4v) is 0. The summed E-state index contributed by atoms with van der Waals surface area (Å²) in [6, 6.07) is 0. The van der Waals surface area contributed by atoms with E-state index >= 15 is 0 Å². The Labute approximate surface area is 100 Å². The first-order valence-corrected chi connectivity index (χ1v) is 6.73. The van der Waals surface area contributed by atoms with Crippen molar-refractivity contribution >= 4 is 0 Å². The van der Waals surface area contributed by atoms with Gasteiger partial charge in [-0.05, 0) is 0 Å². The quantitative estimate of drug-likeness (QED) is 0.337. The molecule has 0 saturated heterocycles. The Morgan fingerprint density at radius 3 is 0.625 bits per heavy atom. The van der Waals surface area contributed by atoms with Gasteiger partial charge < -0.3 is 11.0 Å². The molecule has 0 bridgehead atoms.